The van der Waals surface area contributed by atoms with Crippen LogP contribution < -0.4 is 9.47 Å². The molecule has 180 valence electrons. The van der Waals surface area contributed by atoms with E-state index in [0.717, 1.165) is 19.6 Å². The average molecular weight is 485 g/mol. The van der Waals surface area contributed by atoms with E-state index in [-0.39, 0.29) is 11.3 Å². The quantitative estimate of drug-likeness (QED) is 0.342. The molecule has 0 aliphatic carbocycles. The van der Waals surface area contributed by atoms with Crippen LogP contribution in [0.15, 0.2) is 48.0 Å². The monoisotopic (exact) mass is 484 g/mol. The van der Waals surface area contributed by atoms with E-state index in [0.29, 0.717) is 53.8 Å². The van der Waals surface area contributed by atoms with Gasteiger partial charge in [0.1, 0.15) is 19.0 Å². The van der Waals surface area contributed by atoms with Crippen molar-refractivity contribution in [2.24, 2.45) is 0 Å². The van der Waals surface area contributed by atoms with Crippen LogP contribution in [0.1, 0.15) is 37.4 Å². The Bertz CT molecular complexity index is 1090. The van der Waals surface area contributed by atoms with Gasteiger partial charge in [-0.25, -0.2) is 0 Å². The predicted octanol–water partition coefficient (Wildman–Crippen LogP) is 4.26. The summed E-state index contributed by atoms with van der Waals surface area (Å²) in [5, 5.41) is 11.8. The van der Waals surface area contributed by atoms with Crippen molar-refractivity contribution in [1.82, 2.24) is 9.80 Å². The van der Waals surface area contributed by atoms with E-state index in [1.807, 2.05) is 0 Å². The van der Waals surface area contributed by atoms with Crippen molar-refractivity contribution in [1.29, 1.82) is 0 Å². The summed E-state index contributed by atoms with van der Waals surface area (Å²) >= 11 is 6.08. The first-order valence-corrected chi connectivity index (χ1v) is 12.0. The third-order valence-electron chi connectivity index (χ3n) is 6.31. The molecule has 8 heteroatoms. The first-order chi connectivity index (χ1) is 16.4. The number of amides is 1. The number of hydrogen-bond donors (Lipinski definition) is 1. The van der Waals surface area contributed by atoms with E-state index in [4.69, 9.17) is 21.1 Å². The molecule has 4 rings (SSSR count). The number of likely N-dealkylation sites (tertiary alicyclic amines) is 1. The van der Waals surface area contributed by atoms with Crippen molar-refractivity contribution in [3.05, 3.63) is 64.2 Å². The minimum Gasteiger partial charge on any atom is -0.507 e. The van der Waals surface area contributed by atoms with Crippen LogP contribution in [-0.2, 0) is 9.59 Å². The number of nitrogens with zero attached hydrogens (tertiary/aromatic N) is 2. The summed E-state index contributed by atoms with van der Waals surface area (Å²) in [6, 6.07) is 11.3. The predicted molar refractivity (Wildman–Crippen MR) is 130 cm³/mol. The normalized spacial score (nSPS) is 19.2. The van der Waals surface area contributed by atoms with Crippen molar-refractivity contribution in [2.45, 2.75) is 26.3 Å². The number of carbonyl (C=O) groups is 2. The number of fused-ring (bicyclic) bond motifs is 1. The third-order valence-corrected chi connectivity index (χ3v) is 6.56. The van der Waals surface area contributed by atoms with Gasteiger partial charge in [0.15, 0.2) is 11.5 Å². The number of ketones is 1. The minimum atomic E-state index is -0.706. The molecule has 0 spiro atoms. The van der Waals surface area contributed by atoms with Crippen LogP contribution in [0.3, 0.4) is 0 Å². The zero-order valence-corrected chi connectivity index (χ0v) is 20.2. The zero-order chi connectivity index (χ0) is 24.2. The molecule has 34 heavy (non-hydrogen) atoms. The molecule has 2 aliphatic heterocycles. The lowest BCUT2D eigenvalue weighted by molar-refractivity contribution is -0.140. The van der Waals surface area contributed by atoms with Gasteiger partial charge in [-0.3, -0.25) is 9.59 Å². The maximum atomic E-state index is 13.2. The summed E-state index contributed by atoms with van der Waals surface area (Å²) in [7, 11) is 0. The van der Waals surface area contributed by atoms with Gasteiger partial charge in [-0.1, -0.05) is 37.6 Å². The fourth-order valence-electron chi connectivity index (χ4n) is 4.45. The summed E-state index contributed by atoms with van der Waals surface area (Å²) in [6.07, 6.45) is 0.711. The number of aliphatic hydroxyl groups is 1. The highest BCUT2D eigenvalue weighted by Crippen LogP contribution is 2.41. The van der Waals surface area contributed by atoms with Gasteiger partial charge in [-0.05, 0) is 62.0 Å². The molecule has 1 amide bonds. The van der Waals surface area contributed by atoms with Gasteiger partial charge in [-0.15, -0.1) is 0 Å². The second-order valence-corrected chi connectivity index (χ2v) is 8.72. The Morgan fingerprint density at radius 3 is 2.41 bits per heavy atom. The highest BCUT2D eigenvalue weighted by Gasteiger charge is 2.45. The lowest BCUT2D eigenvalue weighted by Gasteiger charge is -2.27. The van der Waals surface area contributed by atoms with E-state index >= 15 is 0 Å². The van der Waals surface area contributed by atoms with Crippen LogP contribution in [0.4, 0.5) is 0 Å². The van der Waals surface area contributed by atoms with E-state index in [2.05, 4.69) is 18.7 Å². The molecule has 0 aromatic heterocycles. The molecule has 0 unspecified atom stereocenters. The second-order valence-electron chi connectivity index (χ2n) is 8.28. The number of carbonyl (C=O) groups excluding carboxylic acids is 2. The Morgan fingerprint density at radius 1 is 1.06 bits per heavy atom. The molecule has 0 bridgehead atoms. The Kier molecular flexibility index (Phi) is 7.44. The molecular formula is C26H29ClN2O5. The molecule has 1 atom stereocenters. The van der Waals surface area contributed by atoms with Crippen LogP contribution in [0.2, 0.25) is 5.02 Å². The van der Waals surface area contributed by atoms with Gasteiger partial charge < -0.3 is 24.4 Å². The summed E-state index contributed by atoms with van der Waals surface area (Å²) in [5.74, 6) is -0.476. The average Bonchev–Trinajstić information content (AvgIpc) is 3.11. The molecule has 2 aromatic carbocycles. The highest BCUT2D eigenvalue weighted by molar-refractivity contribution is 6.46. The number of Topliss-reactive ketones (excluding diaryl/α,β-unsaturated/α-hetero) is 1. The standard InChI is InChI=1S/C26H29ClN2O5/c1-3-28(4-2)12-5-13-29-23(17-6-9-19(27)10-7-17)22(25(31)26(29)32)24(30)18-8-11-20-21(16-18)34-15-14-33-20/h6-11,16,23,30H,3-5,12-15H2,1-2H3/t23-/m1/s1. The number of halogens is 1. The molecule has 0 radical (unpaired) electrons. The Hall–Kier alpha value is -3.03. The van der Waals surface area contributed by atoms with E-state index in [1.165, 1.54) is 0 Å². The molecule has 2 aromatic rings. The summed E-state index contributed by atoms with van der Waals surface area (Å²) in [6.45, 7) is 8.08. The molecule has 7 nitrogen and oxygen atoms in total. The summed E-state index contributed by atoms with van der Waals surface area (Å²) in [5.41, 5.74) is 1.17. The lowest BCUT2D eigenvalue weighted by atomic mass is 9.95. The maximum absolute atomic E-state index is 13.2. The second kappa shape index (κ2) is 10.5. The van der Waals surface area contributed by atoms with Gasteiger partial charge in [0.05, 0.1) is 11.6 Å². The van der Waals surface area contributed by atoms with Crippen molar-refractivity contribution in [3.63, 3.8) is 0 Å². The zero-order valence-electron chi connectivity index (χ0n) is 19.4. The fraction of sp³-hybridized carbons (Fsp3) is 0.385. The van der Waals surface area contributed by atoms with Gasteiger partial charge in [0, 0.05) is 17.1 Å². The largest absolute Gasteiger partial charge is 0.507 e. The van der Waals surface area contributed by atoms with Crippen molar-refractivity contribution < 1.29 is 24.2 Å². The number of aliphatic hydroxyl groups excluding tert-OH is 1. The van der Waals surface area contributed by atoms with Crippen LogP contribution >= 0.6 is 11.6 Å². The van der Waals surface area contributed by atoms with E-state index < -0.39 is 17.7 Å². The van der Waals surface area contributed by atoms with Crippen molar-refractivity contribution in [3.8, 4) is 11.5 Å². The highest BCUT2D eigenvalue weighted by atomic mass is 35.5. The summed E-state index contributed by atoms with van der Waals surface area (Å²) in [4.78, 5) is 30.1. The summed E-state index contributed by atoms with van der Waals surface area (Å²) < 4.78 is 11.2. The molecule has 2 heterocycles. The maximum Gasteiger partial charge on any atom is 0.295 e. The molecule has 1 fully saturated rings. The van der Waals surface area contributed by atoms with Gasteiger partial charge in [0.2, 0.25) is 0 Å². The topological polar surface area (TPSA) is 79.3 Å². The number of rotatable bonds is 8. The van der Waals surface area contributed by atoms with Gasteiger partial charge >= 0.3 is 0 Å². The minimum absolute atomic E-state index is 0.0619. The number of hydrogen-bond acceptors (Lipinski definition) is 6. The van der Waals surface area contributed by atoms with E-state index in [1.54, 1.807) is 47.4 Å². The molecule has 1 saturated heterocycles. The smallest absolute Gasteiger partial charge is 0.295 e. The van der Waals surface area contributed by atoms with Gasteiger partial charge in [-0.2, -0.15) is 0 Å². The molecular weight excluding hydrogens is 456 g/mol. The van der Waals surface area contributed by atoms with Crippen LogP contribution in [0.25, 0.3) is 5.76 Å². The first kappa shape index (κ1) is 24.1. The van der Waals surface area contributed by atoms with E-state index in [9.17, 15) is 14.7 Å². The Balaban J connectivity index is 1.72. The molecule has 2 aliphatic rings. The van der Waals surface area contributed by atoms with Crippen molar-refractivity contribution >= 4 is 29.1 Å². The molecule has 0 saturated carbocycles. The Morgan fingerprint density at radius 2 is 1.74 bits per heavy atom. The number of benzene rings is 2. The van der Waals surface area contributed by atoms with Crippen LogP contribution in [0.5, 0.6) is 11.5 Å². The first-order valence-electron chi connectivity index (χ1n) is 11.6. The number of ether oxygens (including phenoxy) is 2. The van der Waals surface area contributed by atoms with Crippen molar-refractivity contribution in [2.75, 3.05) is 39.4 Å². The Labute approximate surface area is 204 Å². The van der Waals surface area contributed by atoms with Gasteiger partial charge in [0.25, 0.3) is 11.7 Å². The van der Waals surface area contributed by atoms with Crippen LogP contribution in [0, 0.1) is 0 Å². The SMILES string of the molecule is CCN(CC)CCCN1C(=O)C(=O)C(=C(O)c2ccc3c(c2)OCCO3)[C@H]1c1ccc(Cl)cc1. The fourth-order valence-corrected chi connectivity index (χ4v) is 4.58. The lowest BCUT2D eigenvalue weighted by Crippen LogP contribution is -2.33. The third kappa shape index (κ3) is 4.76. The van der Waals surface area contributed by atoms with Crippen LogP contribution in [-0.4, -0.2) is 66.0 Å². The molecule has 1 N–H and O–H groups in total.